The smallest absolute Gasteiger partial charge is 0.316 e. The molecule has 0 unspecified atom stereocenters. The Morgan fingerprint density at radius 1 is 1.06 bits per heavy atom. The van der Waals surface area contributed by atoms with Crippen molar-refractivity contribution in [2.75, 3.05) is 7.11 Å². The summed E-state index contributed by atoms with van der Waals surface area (Å²) in [4.78, 5) is 8.22. The van der Waals surface area contributed by atoms with Crippen LogP contribution in [0.4, 0.5) is 0 Å². The number of methoxy groups -OCH3 is 1. The highest BCUT2D eigenvalue weighted by Crippen LogP contribution is 2.23. The highest BCUT2D eigenvalue weighted by atomic mass is 16.5. The van der Waals surface area contributed by atoms with E-state index >= 15 is 0 Å². The molecule has 0 N–H and O–H groups in total. The first kappa shape index (κ1) is 10.6. The molecular weight excluding hydrogens is 200 g/mol. The maximum Gasteiger partial charge on any atom is 0.316 e. The fourth-order valence-electron chi connectivity index (χ4n) is 1.61. The first-order valence-corrected chi connectivity index (χ1v) is 5.14. The van der Waals surface area contributed by atoms with E-state index in [0.717, 1.165) is 5.56 Å². The van der Waals surface area contributed by atoms with Crippen LogP contribution in [0, 0.1) is 13.8 Å². The average molecular weight is 214 g/mol. The van der Waals surface area contributed by atoms with E-state index in [1.165, 1.54) is 16.7 Å². The van der Waals surface area contributed by atoms with E-state index in [4.69, 9.17) is 4.74 Å². The maximum atomic E-state index is 4.94. The highest BCUT2D eigenvalue weighted by Gasteiger charge is 2.03. The van der Waals surface area contributed by atoms with Crippen molar-refractivity contribution in [2.45, 2.75) is 13.8 Å². The first-order valence-electron chi connectivity index (χ1n) is 5.14. The lowest BCUT2D eigenvalue weighted by Crippen LogP contribution is -1.92. The predicted molar refractivity (Wildman–Crippen MR) is 63.5 cm³/mol. The third-order valence-electron chi connectivity index (χ3n) is 2.51. The van der Waals surface area contributed by atoms with Crippen molar-refractivity contribution >= 4 is 0 Å². The Kier molecular flexibility index (Phi) is 2.86. The van der Waals surface area contributed by atoms with Crippen LogP contribution in [-0.2, 0) is 0 Å². The Morgan fingerprint density at radius 2 is 1.75 bits per heavy atom. The molecule has 0 aliphatic heterocycles. The number of aromatic nitrogens is 2. The summed E-state index contributed by atoms with van der Waals surface area (Å²) in [6, 6.07) is 6.74. The van der Waals surface area contributed by atoms with Gasteiger partial charge < -0.3 is 4.74 Å². The molecule has 0 atom stereocenters. The first-order chi connectivity index (χ1) is 7.70. The van der Waals surface area contributed by atoms with Crippen LogP contribution in [0.15, 0.2) is 30.6 Å². The van der Waals surface area contributed by atoms with Gasteiger partial charge >= 0.3 is 6.01 Å². The van der Waals surface area contributed by atoms with E-state index in [1.54, 1.807) is 19.5 Å². The van der Waals surface area contributed by atoms with Gasteiger partial charge in [-0.3, -0.25) is 0 Å². The van der Waals surface area contributed by atoms with Crippen molar-refractivity contribution in [1.29, 1.82) is 0 Å². The summed E-state index contributed by atoms with van der Waals surface area (Å²) in [6.45, 7) is 4.16. The van der Waals surface area contributed by atoms with Gasteiger partial charge in [0.2, 0.25) is 0 Å². The largest absolute Gasteiger partial charge is 0.467 e. The molecule has 3 heteroatoms. The molecule has 0 bridgehead atoms. The standard InChI is InChI=1S/C13H14N2O/c1-9-4-5-10(2)12(6-9)11-7-14-13(16-3)15-8-11/h4-8H,1-3H3. The normalized spacial score (nSPS) is 10.2. The molecular formula is C13H14N2O. The second-order valence-corrected chi connectivity index (χ2v) is 3.78. The molecule has 0 aliphatic carbocycles. The zero-order valence-electron chi connectivity index (χ0n) is 9.69. The summed E-state index contributed by atoms with van der Waals surface area (Å²) in [7, 11) is 1.56. The van der Waals surface area contributed by atoms with Crippen LogP contribution >= 0.6 is 0 Å². The van der Waals surface area contributed by atoms with Crippen LogP contribution in [0.2, 0.25) is 0 Å². The Balaban J connectivity index is 2.45. The minimum absolute atomic E-state index is 0.397. The second-order valence-electron chi connectivity index (χ2n) is 3.78. The van der Waals surface area contributed by atoms with Gasteiger partial charge in [0.15, 0.2) is 0 Å². The van der Waals surface area contributed by atoms with Gasteiger partial charge in [-0.25, -0.2) is 9.97 Å². The monoisotopic (exact) mass is 214 g/mol. The van der Waals surface area contributed by atoms with Gasteiger partial charge in [-0.1, -0.05) is 23.8 Å². The molecule has 0 saturated carbocycles. The topological polar surface area (TPSA) is 35.0 Å². The van der Waals surface area contributed by atoms with Crippen molar-refractivity contribution in [1.82, 2.24) is 9.97 Å². The van der Waals surface area contributed by atoms with Gasteiger partial charge in [0.25, 0.3) is 0 Å². The third kappa shape index (κ3) is 2.03. The van der Waals surface area contributed by atoms with E-state index in [-0.39, 0.29) is 0 Å². The van der Waals surface area contributed by atoms with Crippen LogP contribution in [0.5, 0.6) is 6.01 Å². The summed E-state index contributed by atoms with van der Waals surface area (Å²) in [5.41, 5.74) is 4.64. The number of ether oxygens (including phenoxy) is 1. The number of aryl methyl sites for hydroxylation is 2. The Bertz CT molecular complexity index is 492. The van der Waals surface area contributed by atoms with Crippen molar-refractivity contribution in [3.05, 3.63) is 41.7 Å². The van der Waals surface area contributed by atoms with E-state index in [9.17, 15) is 0 Å². The summed E-state index contributed by atoms with van der Waals surface area (Å²) in [5, 5.41) is 0. The van der Waals surface area contributed by atoms with E-state index < -0.39 is 0 Å². The minimum Gasteiger partial charge on any atom is -0.467 e. The molecule has 0 fully saturated rings. The van der Waals surface area contributed by atoms with Gasteiger partial charge in [-0.05, 0) is 25.0 Å². The molecule has 16 heavy (non-hydrogen) atoms. The maximum absolute atomic E-state index is 4.94. The molecule has 0 amide bonds. The van der Waals surface area contributed by atoms with Crippen molar-refractivity contribution in [2.24, 2.45) is 0 Å². The number of rotatable bonds is 2. The molecule has 1 heterocycles. The number of hydrogen-bond donors (Lipinski definition) is 0. The summed E-state index contributed by atoms with van der Waals surface area (Å²) >= 11 is 0. The zero-order valence-corrected chi connectivity index (χ0v) is 9.69. The Labute approximate surface area is 95.1 Å². The molecule has 0 aliphatic rings. The number of nitrogens with zero attached hydrogens (tertiary/aromatic N) is 2. The fraction of sp³-hybridized carbons (Fsp3) is 0.231. The fourth-order valence-corrected chi connectivity index (χ4v) is 1.61. The average Bonchev–Trinajstić information content (AvgIpc) is 2.32. The zero-order chi connectivity index (χ0) is 11.5. The molecule has 0 spiro atoms. The Morgan fingerprint density at radius 3 is 2.38 bits per heavy atom. The molecule has 1 aromatic carbocycles. The molecule has 3 nitrogen and oxygen atoms in total. The van der Waals surface area contributed by atoms with Crippen molar-refractivity contribution in [3.8, 4) is 17.1 Å². The van der Waals surface area contributed by atoms with E-state index in [1.807, 2.05) is 0 Å². The predicted octanol–water partition coefficient (Wildman–Crippen LogP) is 2.77. The van der Waals surface area contributed by atoms with E-state index in [0.29, 0.717) is 6.01 Å². The van der Waals surface area contributed by atoms with E-state index in [2.05, 4.69) is 42.0 Å². The van der Waals surface area contributed by atoms with Gasteiger partial charge in [0.05, 0.1) is 7.11 Å². The Hall–Kier alpha value is -1.90. The van der Waals surface area contributed by atoms with Gasteiger partial charge in [0, 0.05) is 18.0 Å². The molecule has 82 valence electrons. The molecule has 2 aromatic rings. The molecule has 0 radical (unpaired) electrons. The van der Waals surface area contributed by atoms with Crippen LogP contribution in [-0.4, -0.2) is 17.1 Å². The van der Waals surface area contributed by atoms with Crippen LogP contribution in [0.1, 0.15) is 11.1 Å². The lowest BCUT2D eigenvalue weighted by molar-refractivity contribution is 0.380. The van der Waals surface area contributed by atoms with Crippen LogP contribution in [0.3, 0.4) is 0 Å². The number of benzene rings is 1. The lowest BCUT2D eigenvalue weighted by Gasteiger charge is -2.06. The van der Waals surface area contributed by atoms with Gasteiger partial charge in [-0.2, -0.15) is 0 Å². The minimum atomic E-state index is 0.397. The van der Waals surface area contributed by atoms with Crippen molar-refractivity contribution in [3.63, 3.8) is 0 Å². The number of hydrogen-bond acceptors (Lipinski definition) is 3. The quantitative estimate of drug-likeness (QED) is 0.771. The lowest BCUT2D eigenvalue weighted by atomic mass is 10.0. The summed E-state index contributed by atoms with van der Waals surface area (Å²) in [6.07, 6.45) is 3.57. The SMILES string of the molecule is COc1ncc(-c2cc(C)ccc2C)cn1. The molecule has 0 saturated heterocycles. The molecule has 2 rings (SSSR count). The third-order valence-corrected chi connectivity index (χ3v) is 2.51. The van der Waals surface area contributed by atoms with Crippen molar-refractivity contribution < 1.29 is 4.74 Å². The van der Waals surface area contributed by atoms with Crippen LogP contribution in [0.25, 0.3) is 11.1 Å². The van der Waals surface area contributed by atoms with Crippen LogP contribution < -0.4 is 4.74 Å². The van der Waals surface area contributed by atoms with Gasteiger partial charge in [-0.15, -0.1) is 0 Å². The molecule has 1 aromatic heterocycles. The summed E-state index contributed by atoms with van der Waals surface area (Å²) in [5.74, 6) is 0. The highest BCUT2D eigenvalue weighted by molar-refractivity contribution is 5.66. The second kappa shape index (κ2) is 4.31. The summed E-state index contributed by atoms with van der Waals surface area (Å²) < 4.78 is 4.94. The van der Waals surface area contributed by atoms with Gasteiger partial charge in [0.1, 0.15) is 0 Å².